The minimum atomic E-state index is 0.0526. The van der Waals surface area contributed by atoms with Crippen LogP contribution < -0.4 is 10.1 Å². The van der Waals surface area contributed by atoms with Crippen molar-refractivity contribution in [2.75, 3.05) is 13.7 Å². The molecule has 0 amide bonds. The molecule has 1 aromatic heterocycles. The average molecular weight is 271 g/mol. The fourth-order valence-corrected chi connectivity index (χ4v) is 2.27. The number of methoxy groups -OCH3 is 1. The summed E-state index contributed by atoms with van der Waals surface area (Å²) in [7, 11) is 1.62. The third kappa shape index (κ3) is 3.14. The minimum absolute atomic E-state index is 0.0526. The van der Waals surface area contributed by atoms with Gasteiger partial charge in [0.05, 0.1) is 18.8 Å². The number of ether oxygens (including phenoxy) is 1. The first-order valence-electron chi connectivity index (χ1n) is 6.82. The predicted molar refractivity (Wildman–Crippen MR) is 80.0 cm³/mol. The number of nitrogens with one attached hydrogen (secondary N) is 1. The summed E-state index contributed by atoms with van der Waals surface area (Å²) in [5, 5.41) is 3.49. The molecule has 106 valence electrons. The van der Waals surface area contributed by atoms with Crippen molar-refractivity contribution in [1.82, 2.24) is 15.3 Å². The molecule has 1 aromatic carbocycles. The fraction of sp³-hybridized carbons (Fsp3) is 0.375. The van der Waals surface area contributed by atoms with Crippen LogP contribution in [0.5, 0.6) is 5.88 Å². The Morgan fingerprint density at radius 2 is 2.00 bits per heavy atom. The molecule has 1 unspecified atom stereocenters. The lowest BCUT2D eigenvalue weighted by molar-refractivity contribution is 0.395. The van der Waals surface area contributed by atoms with E-state index in [1.54, 1.807) is 13.4 Å². The highest BCUT2D eigenvalue weighted by Crippen LogP contribution is 2.25. The van der Waals surface area contributed by atoms with Gasteiger partial charge in [0.2, 0.25) is 5.88 Å². The lowest BCUT2D eigenvalue weighted by Crippen LogP contribution is -2.24. The van der Waals surface area contributed by atoms with Crippen LogP contribution in [-0.4, -0.2) is 23.6 Å². The van der Waals surface area contributed by atoms with Crippen LogP contribution in [0, 0.1) is 13.8 Å². The Kier molecular flexibility index (Phi) is 4.69. The van der Waals surface area contributed by atoms with E-state index in [2.05, 4.69) is 54.3 Å². The van der Waals surface area contributed by atoms with E-state index >= 15 is 0 Å². The molecule has 0 aliphatic heterocycles. The molecule has 0 saturated heterocycles. The maximum Gasteiger partial charge on any atom is 0.216 e. The second kappa shape index (κ2) is 6.48. The fourth-order valence-electron chi connectivity index (χ4n) is 2.27. The van der Waals surface area contributed by atoms with E-state index in [0.29, 0.717) is 5.88 Å². The first kappa shape index (κ1) is 14.5. The summed E-state index contributed by atoms with van der Waals surface area (Å²) < 4.78 is 5.19. The number of aromatic nitrogens is 2. The van der Waals surface area contributed by atoms with E-state index in [4.69, 9.17) is 4.74 Å². The van der Waals surface area contributed by atoms with E-state index in [1.165, 1.54) is 16.7 Å². The summed E-state index contributed by atoms with van der Waals surface area (Å²) in [5.41, 5.74) is 4.66. The van der Waals surface area contributed by atoms with Crippen molar-refractivity contribution in [2.24, 2.45) is 0 Å². The molecule has 1 heterocycles. The Bertz CT molecular complexity index is 584. The monoisotopic (exact) mass is 271 g/mol. The molecular weight excluding hydrogens is 250 g/mol. The highest BCUT2D eigenvalue weighted by molar-refractivity contribution is 5.37. The molecule has 0 aliphatic rings. The van der Waals surface area contributed by atoms with Crippen molar-refractivity contribution < 1.29 is 4.74 Å². The highest BCUT2D eigenvalue weighted by Gasteiger charge is 2.17. The van der Waals surface area contributed by atoms with Gasteiger partial charge < -0.3 is 10.1 Å². The van der Waals surface area contributed by atoms with Crippen LogP contribution in [0.15, 0.2) is 30.6 Å². The lowest BCUT2D eigenvalue weighted by atomic mass is 9.96. The van der Waals surface area contributed by atoms with Gasteiger partial charge in [0, 0.05) is 6.07 Å². The number of rotatable bonds is 5. The molecule has 2 rings (SSSR count). The topological polar surface area (TPSA) is 47.0 Å². The Morgan fingerprint density at radius 3 is 2.70 bits per heavy atom. The number of benzene rings is 1. The molecule has 4 nitrogen and oxygen atoms in total. The molecule has 20 heavy (non-hydrogen) atoms. The van der Waals surface area contributed by atoms with Crippen LogP contribution in [0.1, 0.15) is 35.3 Å². The van der Waals surface area contributed by atoms with E-state index in [-0.39, 0.29) is 6.04 Å². The smallest absolute Gasteiger partial charge is 0.216 e. The number of hydrogen-bond acceptors (Lipinski definition) is 4. The van der Waals surface area contributed by atoms with Gasteiger partial charge in [-0.2, -0.15) is 0 Å². The van der Waals surface area contributed by atoms with Crippen molar-refractivity contribution in [3.05, 3.63) is 53.0 Å². The summed E-state index contributed by atoms with van der Waals surface area (Å²) in [5.74, 6) is 0.586. The Hall–Kier alpha value is -1.94. The Labute approximate surface area is 120 Å². The zero-order valence-electron chi connectivity index (χ0n) is 12.5. The first-order chi connectivity index (χ1) is 9.65. The van der Waals surface area contributed by atoms with Gasteiger partial charge in [-0.15, -0.1) is 0 Å². The summed E-state index contributed by atoms with van der Waals surface area (Å²) >= 11 is 0. The van der Waals surface area contributed by atoms with E-state index in [0.717, 1.165) is 12.2 Å². The van der Waals surface area contributed by atoms with Crippen molar-refractivity contribution in [2.45, 2.75) is 26.8 Å². The van der Waals surface area contributed by atoms with Crippen molar-refractivity contribution in [3.63, 3.8) is 0 Å². The summed E-state index contributed by atoms with van der Waals surface area (Å²) in [4.78, 5) is 8.47. The Balaban J connectivity index is 2.46. The quantitative estimate of drug-likeness (QED) is 0.908. The molecule has 0 radical (unpaired) electrons. The van der Waals surface area contributed by atoms with Crippen LogP contribution in [0.4, 0.5) is 0 Å². The van der Waals surface area contributed by atoms with Gasteiger partial charge in [0.25, 0.3) is 0 Å². The van der Waals surface area contributed by atoms with Crippen LogP contribution in [0.2, 0.25) is 0 Å². The molecule has 0 saturated carbocycles. The third-order valence-corrected chi connectivity index (χ3v) is 3.32. The van der Waals surface area contributed by atoms with Gasteiger partial charge in [-0.1, -0.05) is 30.7 Å². The number of hydrogen-bond donors (Lipinski definition) is 1. The molecule has 1 N–H and O–H groups in total. The van der Waals surface area contributed by atoms with Crippen LogP contribution in [0.3, 0.4) is 0 Å². The summed E-state index contributed by atoms with van der Waals surface area (Å²) in [6, 6.07) is 8.42. The maximum atomic E-state index is 5.19. The van der Waals surface area contributed by atoms with Gasteiger partial charge >= 0.3 is 0 Å². The Morgan fingerprint density at radius 1 is 1.20 bits per heavy atom. The van der Waals surface area contributed by atoms with Gasteiger partial charge in [0.15, 0.2) is 0 Å². The van der Waals surface area contributed by atoms with Crippen molar-refractivity contribution in [1.29, 1.82) is 0 Å². The molecular formula is C16H21N3O. The zero-order chi connectivity index (χ0) is 14.5. The van der Waals surface area contributed by atoms with Crippen molar-refractivity contribution in [3.8, 4) is 5.88 Å². The average Bonchev–Trinajstić information content (AvgIpc) is 2.47. The number of aryl methyl sites for hydroxylation is 2. The van der Waals surface area contributed by atoms with E-state index in [1.807, 2.05) is 6.07 Å². The van der Waals surface area contributed by atoms with E-state index in [9.17, 15) is 0 Å². The lowest BCUT2D eigenvalue weighted by Gasteiger charge is -2.20. The summed E-state index contributed by atoms with van der Waals surface area (Å²) in [6.07, 6.45) is 1.55. The molecule has 0 bridgehead atoms. The highest BCUT2D eigenvalue weighted by atomic mass is 16.5. The molecule has 0 spiro atoms. The molecule has 2 aromatic rings. The second-order valence-electron chi connectivity index (χ2n) is 4.84. The van der Waals surface area contributed by atoms with Crippen LogP contribution >= 0.6 is 0 Å². The predicted octanol–water partition coefficient (Wildman–Crippen LogP) is 2.80. The second-order valence-corrected chi connectivity index (χ2v) is 4.84. The van der Waals surface area contributed by atoms with Gasteiger partial charge in [-0.05, 0) is 31.5 Å². The van der Waals surface area contributed by atoms with Crippen LogP contribution in [-0.2, 0) is 0 Å². The standard InChI is InChI=1S/C16H21N3O/c1-5-17-16(13-8-11(2)6-7-12(13)3)14-9-15(20-4)19-10-18-14/h6-10,16-17H,5H2,1-4H3. The SMILES string of the molecule is CCNC(c1cc(OC)ncn1)c1cc(C)ccc1C. The third-order valence-electron chi connectivity index (χ3n) is 3.32. The maximum absolute atomic E-state index is 5.19. The van der Waals surface area contributed by atoms with Gasteiger partial charge in [-0.3, -0.25) is 0 Å². The zero-order valence-corrected chi connectivity index (χ0v) is 12.5. The molecule has 0 aliphatic carbocycles. The number of nitrogens with zero attached hydrogens (tertiary/aromatic N) is 2. The van der Waals surface area contributed by atoms with Gasteiger partial charge in [-0.25, -0.2) is 9.97 Å². The van der Waals surface area contributed by atoms with E-state index < -0.39 is 0 Å². The van der Waals surface area contributed by atoms with Crippen LogP contribution in [0.25, 0.3) is 0 Å². The molecule has 0 fully saturated rings. The minimum Gasteiger partial charge on any atom is -0.481 e. The largest absolute Gasteiger partial charge is 0.481 e. The van der Waals surface area contributed by atoms with Crippen molar-refractivity contribution >= 4 is 0 Å². The molecule has 4 heteroatoms. The first-order valence-corrected chi connectivity index (χ1v) is 6.82. The normalized spacial score (nSPS) is 12.2. The molecule has 1 atom stereocenters. The van der Waals surface area contributed by atoms with Gasteiger partial charge in [0.1, 0.15) is 6.33 Å². The summed E-state index contributed by atoms with van der Waals surface area (Å²) in [6.45, 7) is 7.19.